The van der Waals surface area contributed by atoms with Gasteiger partial charge in [0.2, 0.25) is 0 Å². The summed E-state index contributed by atoms with van der Waals surface area (Å²) < 4.78 is 11.9. The molecule has 2 N–H and O–H groups in total. The fourth-order valence-corrected chi connectivity index (χ4v) is 3.27. The molecule has 0 atom stereocenters. The van der Waals surface area contributed by atoms with Gasteiger partial charge >= 0.3 is 7.60 Å². The molecule has 0 saturated carbocycles. The van der Waals surface area contributed by atoms with Crippen molar-refractivity contribution in [3.05, 3.63) is 78.9 Å². The molecule has 0 spiro atoms. The second-order valence-corrected chi connectivity index (χ2v) is 6.58. The number of hydrogen-bond donors (Lipinski definition) is 2. The smallest absolute Gasteiger partial charge is 0.321 e. The normalized spacial score (nSPS) is 11.4. The van der Waals surface area contributed by atoms with Crippen molar-refractivity contribution < 1.29 is 14.4 Å². The Balaban J connectivity index is 2.19. The molecule has 3 nitrogen and oxygen atoms in total. The van der Waals surface area contributed by atoms with Crippen LogP contribution in [-0.4, -0.2) is 9.79 Å². The van der Waals surface area contributed by atoms with Gasteiger partial charge in [-0.1, -0.05) is 72.8 Å². The molecule has 0 radical (unpaired) electrons. The molecule has 0 aliphatic carbocycles. The largest absolute Gasteiger partial charge is 0.356 e. The maximum atomic E-state index is 11.9. The molecule has 3 rings (SSSR count). The molecule has 0 aliphatic rings. The van der Waals surface area contributed by atoms with Crippen LogP contribution in [0.3, 0.4) is 0 Å². The Morgan fingerprint density at radius 2 is 1.18 bits per heavy atom. The lowest BCUT2D eigenvalue weighted by Crippen LogP contribution is -2.08. The highest BCUT2D eigenvalue weighted by molar-refractivity contribution is 7.60. The van der Waals surface area contributed by atoms with Crippen molar-refractivity contribution in [3.8, 4) is 22.3 Å². The highest BCUT2D eigenvalue weighted by Crippen LogP contribution is 2.39. The molecular formula is C18H15O3P. The summed E-state index contributed by atoms with van der Waals surface area (Å²) in [6.07, 6.45) is 0. The van der Waals surface area contributed by atoms with Crippen molar-refractivity contribution in [3.63, 3.8) is 0 Å². The molecule has 0 bridgehead atoms. The van der Waals surface area contributed by atoms with E-state index in [1.54, 1.807) is 12.1 Å². The molecule has 0 heterocycles. The first-order chi connectivity index (χ1) is 10.6. The second kappa shape index (κ2) is 5.90. The van der Waals surface area contributed by atoms with Crippen LogP contribution < -0.4 is 5.30 Å². The van der Waals surface area contributed by atoms with Crippen molar-refractivity contribution in [2.75, 3.05) is 0 Å². The Morgan fingerprint density at radius 3 is 1.73 bits per heavy atom. The van der Waals surface area contributed by atoms with Crippen LogP contribution >= 0.6 is 7.60 Å². The van der Waals surface area contributed by atoms with Gasteiger partial charge in [-0.2, -0.15) is 0 Å². The summed E-state index contributed by atoms with van der Waals surface area (Å²) in [5, 5.41) is 0.0556. The van der Waals surface area contributed by atoms with Crippen molar-refractivity contribution in [1.82, 2.24) is 0 Å². The van der Waals surface area contributed by atoms with Gasteiger partial charge in [0.25, 0.3) is 0 Å². The summed E-state index contributed by atoms with van der Waals surface area (Å²) in [6.45, 7) is 0. The molecule has 0 aliphatic heterocycles. The predicted molar refractivity (Wildman–Crippen MR) is 89.0 cm³/mol. The van der Waals surface area contributed by atoms with Gasteiger partial charge in [0.1, 0.15) is 0 Å². The van der Waals surface area contributed by atoms with E-state index < -0.39 is 7.60 Å². The van der Waals surface area contributed by atoms with Crippen LogP contribution in [-0.2, 0) is 4.57 Å². The van der Waals surface area contributed by atoms with Gasteiger partial charge in [0, 0.05) is 0 Å². The van der Waals surface area contributed by atoms with Crippen LogP contribution in [0.1, 0.15) is 0 Å². The minimum absolute atomic E-state index is 0.0556. The quantitative estimate of drug-likeness (QED) is 0.723. The maximum Gasteiger partial charge on any atom is 0.356 e. The van der Waals surface area contributed by atoms with Crippen LogP contribution in [0.4, 0.5) is 0 Å². The minimum Gasteiger partial charge on any atom is -0.321 e. The molecule has 3 aromatic rings. The van der Waals surface area contributed by atoms with E-state index in [-0.39, 0.29) is 5.30 Å². The lowest BCUT2D eigenvalue weighted by atomic mass is 10.0. The van der Waals surface area contributed by atoms with Gasteiger partial charge in [-0.05, 0) is 28.3 Å². The van der Waals surface area contributed by atoms with E-state index in [2.05, 4.69) is 0 Å². The standard InChI is InChI=1S/C18H15O3P/c19-22(20,21)18-13-16(14-7-3-1-4-8-14)11-12-17(18)15-9-5-2-6-10-15/h1-13H,(H2,19,20,21). The fraction of sp³-hybridized carbons (Fsp3) is 0. The molecular weight excluding hydrogens is 295 g/mol. The van der Waals surface area contributed by atoms with E-state index >= 15 is 0 Å². The van der Waals surface area contributed by atoms with Crippen molar-refractivity contribution in [1.29, 1.82) is 0 Å². The monoisotopic (exact) mass is 310 g/mol. The third-order valence-electron chi connectivity index (χ3n) is 3.50. The van der Waals surface area contributed by atoms with Crippen LogP contribution in [0, 0.1) is 0 Å². The molecule has 0 aromatic heterocycles. The summed E-state index contributed by atoms with van der Waals surface area (Å²) in [7, 11) is -4.37. The zero-order valence-electron chi connectivity index (χ0n) is 11.8. The van der Waals surface area contributed by atoms with Crippen molar-refractivity contribution in [2.45, 2.75) is 0 Å². The fourth-order valence-electron chi connectivity index (χ4n) is 2.44. The second-order valence-electron chi connectivity index (χ2n) is 5.01. The van der Waals surface area contributed by atoms with E-state index in [0.29, 0.717) is 5.56 Å². The van der Waals surface area contributed by atoms with E-state index in [4.69, 9.17) is 0 Å². The molecule has 0 saturated heterocycles. The summed E-state index contributed by atoms with van der Waals surface area (Å²) in [5.41, 5.74) is 3.07. The summed E-state index contributed by atoms with van der Waals surface area (Å²) in [5.74, 6) is 0. The van der Waals surface area contributed by atoms with Gasteiger partial charge in [-0.25, -0.2) is 0 Å². The zero-order chi connectivity index (χ0) is 15.6. The van der Waals surface area contributed by atoms with Gasteiger partial charge in [0.05, 0.1) is 5.30 Å². The lowest BCUT2D eigenvalue weighted by molar-refractivity contribution is 0.387. The molecule has 0 unspecified atom stereocenters. The Bertz CT molecular complexity index is 823. The van der Waals surface area contributed by atoms with Crippen LogP contribution in [0.25, 0.3) is 22.3 Å². The Morgan fingerprint density at radius 1 is 0.636 bits per heavy atom. The van der Waals surface area contributed by atoms with Gasteiger partial charge in [0.15, 0.2) is 0 Å². The van der Waals surface area contributed by atoms with E-state index in [1.165, 1.54) is 0 Å². The third-order valence-corrected chi connectivity index (χ3v) is 4.50. The molecule has 0 fully saturated rings. The van der Waals surface area contributed by atoms with Crippen molar-refractivity contribution in [2.24, 2.45) is 0 Å². The molecule has 22 heavy (non-hydrogen) atoms. The van der Waals surface area contributed by atoms with Crippen LogP contribution in [0.2, 0.25) is 0 Å². The Labute approximate surface area is 129 Å². The maximum absolute atomic E-state index is 11.9. The average molecular weight is 310 g/mol. The van der Waals surface area contributed by atoms with E-state index in [0.717, 1.165) is 16.7 Å². The van der Waals surface area contributed by atoms with Crippen LogP contribution in [0.5, 0.6) is 0 Å². The first-order valence-corrected chi connectivity index (χ1v) is 8.48. The SMILES string of the molecule is O=P(O)(O)c1cc(-c2ccccc2)ccc1-c1ccccc1. The highest BCUT2D eigenvalue weighted by Gasteiger charge is 2.23. The predicted octanol–water partition coefficient (Wildman–Crippen LogP) is 3.82. The third kappa shape index (κ3) is 3.02. The molecule has 3 aromatic carbocycles. The van der Waals surface area contributed by atoms with Gasteiger partial charge < -0.3 is 9.79 Å². The average Bonchev–Trinajstić information content (AvgIpc) is 2.55. The first kappa shape index (κ1) is 14.7. The Kier molecular flexibility index (Phi) is 3.95. The number of benzene rings is 3. The van der Waals surface area contributed by atoms with Crippen molar-refractivity contribution >= 4 is 12.9 Å². The molecule has 4 heteroatoms. The topological polar surface area (TPSA) is 57.5 Å². The minimum atomic E-state index is -4.37. The van der Waals surface area contributed by atoms with Crippen LogP contribution in [0.15, 0.2) is 78.9 Å². The van der Waals surface area contributed by atoms with E-state index in [9.17, 15) is 14.4 Å². The lowest BCUT2D eigenvalue weighted by Gasteiger charge is -2.13. The number of hydrogen-bond acceptors (Lipinski definition) is 1. The Hall–Kier alpha value is -2.19. The van der Waals surface area contributed by atoms with Gasteiger partial charge in [-0.3, -0.25) is 4.57 Å². The number of rotatable bonds is 3. The molecule has 110 valence electrons. The summed E-state index contributed by atoms with van der Waals surface area (Å²) >= 11 is 0. The van der Waals surface area contributed by atoms with E-state index in [1.807, 2.05) is 66.7 Å². The first-order valence-electron chi connectivity index (χ1n) is 6.87. The molecule has 0 amide bonds. The highest BCUT2D eigenvalue weighted by atomic mass is 31.2. The zero-order valence-corrected chi connectivity index (χ0v) is 12.6. The summed E-state index contributed by atoms with van der Waals surface area (Å²) in [6, 6.07) is 24.0. The van der Waals surface area contributed by atoms with Gasteiger partial charge in [-0.15, -0.1) is 0 Å². The summed E-state index contributed by atoms with van der Waals surface area (Å²) in [4.78, 5) is 19.4.